The van der Waals surface area contributed by atoms with E-state index in [-0.39, 0.29) is 11.8 Å². The van der Waals surface area contributed by atoms with Crippen molar-refractivity contribution in [3.8, 4) is 11.5 Å². The van der Waals surface area contributed by atoms with Crippen LogP contribution >= 0.6 is 0 Å². The van der Waals surface area contributed by atoms with Gasteiger partial charge in [-0.1, -0.05) is 12.1 Å². The summed E-state index contributed by atoms with van der Waals surface area (Å²) in [6, 6.07) is 7.63. The van der Waals surface area contributed by atoms with Gasteiger partial charge in [0.1, 0.15) is 6.61 Å². The zero-order valence-corrected chi connectivity index (χ0v) is 13.8. The van der Waals surface area contributed by atoms with Crippen LogP contribution in [0.3, 0.4) is 0 Å². The maximum atomic E-state index is 12.0. The van der Waals surface area contributed by atoms with E-state index in [1.807, 2.05) is 24.3 Å². The summed E-state index contributed by atoms with van der Waals surface area (Å²) in [5.74, 6) is 1.67. The maximum absolute atomic E-state index is 12.0. The van der Waals surface area contributed by atoms with Crippen LogP contribution in [0.2, 0.25) is 0 Å². The molecule has 0 aliphatic carbocycles. The van der Waals surface area contributed by atoms with Gasteiger partial charge in [-0.3, -0.25) is 9.69 Å². The normalized spacial score (nSPS) is 18.4. The van der Waals surface area contributed by atoms with Gasteiger partial charge in [-0.05, 0) is 31.5 Å². The first kappa shape index (κ1) is 17.6. The van der Waals surface area contributed by atoms with Crippen LogP contribution in [0.15, 0.2) is 24.3 Å². The van der Waals surface area contributed by atoms with E-state index in [9.17, 15) is 4.79 Å². The summed E-state index contributed by atoms with van der Waals surface area (Å²) in [5.41, 5.74) is 5.43. The average Bonchev–Trinajstić information content (AvgIpc) is 2.60. The summed E-state index contributed by atoms with van der Waals surface area (Å²) < 4.78 is 11.1. The molecule has 23 heavy (non-hydrogen) atoms. The first-order chi connectivity index (χ1) is 11.2. The second kappa shape index (κ2) is 9.37. The molecule has 2 rings (SSSR count). The molecule has 1 fully saturated rings. The van der Waals surface area contributed by atoms with E-state index in [1.165, 1.54) is 0 Å². The molecule has 0 aromatic heterocycles. The quantitative estimate of drug-likeness (QED) is 0.743. The summed E-state index contributed by atoms with van der Waals surface area (Å²) in [6.45, 7) is 4.21. The summed E-state index contributed by atoms with van der Waals surface area (Å²) in [6.07, 6.45) is 1.98. The minimum absolute atomic E-state index is 0.0570. The van der Waals surface area contributed by atoms with Crippen molar-refractivity contribution in [2.75, 3.05) is 46.4 Å². The van der Waals surface area contributed by atoms with E-state index in [0.29, 0.717) is 19.7 Å². The lowest BCUT2D eigenvalue weighted by molar-refractivity contribution is -0.126. The van der Waals surface area contributed by atoms with E-state index < -0.39 is 0 Å². The number of carbonyl (C=O) groups excluding carboxylic acids is 1. The second-order valence-electron chi connectivity index (χ2n) is 5.72. The number of hydrogen-bond donors (Lipinski definition) is 2. The van der Waals surface area contributed by atoms with Crippen molar-refractivity contribution in [1.82, 2.24) is 10.2 Å². The molecular weight excluding hydrogens is 294 g/mol. The largest absolute Gasteiger partial charge is 0.493 e. The molecule has 1 unspecified atom stereocenters. The number of amides is 1. The summed E-state index contributed by atoms with van der Waals surface area (Å²) >= 11 is 0. The van der Waals surface area contributed by atoms with Gasteiger partial charge in [0.25, 0.3) is 0 Å². The van der Waals surface area contributed by atoms with Gasteiger partial charge in [0.15, 0.2) is 11.5 Å². The molecular formula is C17H27N3O3. The SMILES string of the molecule is COc1ccccc1OCCN1CCCC(C(=O)NCCN)C1. The molecule has 0 radical (unpaired) electrons. The number of carbonyl (C=O) groups is 1. The van der Waals surface area contributed by atoms with E-state index in [4.69, 9.17) is 15.2 Å². The average molecular weight is 321 g/mol. The van der Waals surface area contributed by atoms with Crippen LogP contribution in [-0.2, 0) is 4.79 Å². The number of nitrogens with zero attached hydrogens (tertiary/aromatic N) is 1. The van der Waals surface area contributed by atoms with Gasteiger partial charge in [0.05, 0.1) is 13.0 Å². The highest BCUT2D eigenvalue weighted by molar-refractivity contribution is 5.78. The number of hydrogen-bond acceptors (Lipinski definition) is 5. The Labute approximate surface area is 137 Å². The van der Waals surface area contributed by atoms with Crippen LogP contribution in [0.5, 0.6) is 11.5 Å². The molecule has 1 atom stereocenters. The Balaban J connectivity index is 1.76. The van der Waals surface area contributed by atoms with E-state index in [1.54, 1.807) is 7.11 Å². The molecule has 0 bridgehead atoms. The van der Waals surface area contributed by atoms with Crippen molar-refractivity contribution in [2.45, 2.75) is 12.8 Å². The number of methoxy groups -OCH3 is 1. The number of nitrogens with one attached hydrogen (secondary N) is 1. The Morgan fingerprint density at radius 2 is 2.17 bits per heavy atom. The van der Waals surface area contributed by atoms with Gasteiger partial charge in [-0.15, -0.1) is 0 Å². The van der Waals surface area contributed by atoms with Gasteiger partial charge in [-0.2, -0.15) is 0 Å². The number of benzene rings is 1. The van der Waals surface area contributed by atoms with Crippen LogP contribution in [0.1, 0.15) is 12.8 Å². The molecule has 1 saturated heterocycles. The maximum Gasteiger partial charge on any atom is 0.224 e. The molecule has 1 aliphatic rings. The zero-order chi connectivity index (χ0) is 16.5. The molecule has 1 aromatic rings. The third-order valence-electron chi connectivity index (χ3n) is 4.05. The standard InChI is InChI=1S/C17H27N3O3/c1-22-15-6-2-3-7-16(15)23-12-11-20-10-4-5-14(13-20)17(21)19-9-8-18/h2-3,6-7,14H,4-5,8-13,18H2,1H3,(H,19,21). The van der Waals surface area contributed by atoms with Crippen LogP contribution in [0.4, 0.5) is 0 Å². The Morgan fingerprint density at radius 1 is 1.39 bits per heavy atom. The topological polar surface area (TPSA) is 76.8 Å². The van der Waals surface area contributed by atoms with Gasteiger partial charge in [0, 0.05) is 26.2 Å². The van der Waals surface area contributed by atoms with Crippen molar-refractivity contribution in [3.63, 3.8) is 0 Å². The van der Waals surface area contributed by atoms with Crippen LogP contribution in [-0.4, -0.2) is 57.2 Å². The fraction of sp³-hybridized carbons (Fsp3) is 0.588. The van der Waals surface area contributed by atoms with E-state index >= 15 is 0 Å². The number of likely N-dealkylation sites (tertiary alicyclic amines) is 1. The Bertz CT molecular complexity index is 496. The molecule has 1 aliphatic heterocycles. The minimum Gasteiger partial charge on any atom is -0.493 e. The number of ether oxygens (including phenoxy) is 2. The molecule has 1 amide bonds. The van der Waals surface area contributed by atoms with Crippen molar-refractivity contribution >= 4 is 5.91 Å². The van der Waals surface area contributed by atoms with Crippen LogP contribution < -0.4 is 20.5 Å². The molecule has 1 heterocycles. The Hall–Kier alpha value is -1.79. The fourth-order valence-electron chi connectivity index (χ4n) is 2.84. The lowest BCUT2D eigenvalue weighted by Crippen LogP contribution is -2.45. The number of para-hydroxylation sites is 2. The van der Waals surface area contributed by atoms with Crippen LogP contribution in [0.25, 0.3) is 0 Å². The number of nitrogens with two attached hydrogens (primary N) is 1. The molecule has 3 N–H and O–H groups in total. The van der Waals surface area contributed by atoms with E-state index in [2.05, 4.69) is 10.2 Å². The van der Waals surface area contributed by atoms with Crippen LogP contribution in [0, 0.1) is 5.92 Å². The molecule has 0 spiro atoms. The molecule has 1 aromatic carbocycles. The Kier molecular flexibility index (Phi) is 7.16. The summed E-state index contributed by atoms with van der Waals surface area (Å²) in [5, 5.41) is 2.88. The highest BCUT2D eigenvalue weighted by Crippen LogP contribution is 2.25. The molecule has 6 nitrogen and oxygen atoms in total. The number of piperidine rings is 1. The van der Waals surface area contributed by atoms with E-state index in [0.717, 1.165) is 44.0 Å². The monoisotopic (exact) mass is 321 g/mol. The van der Waals surface area contributed by atoms with Gasteiger partial charge in [-0.25, -0.2) is 0 Å². The zero-order valence-electron chi connectivity index (χ0n) is 13.8. The predicted octanol–water partition coefficient (Wildman–Crippen LogP) is 0.861. The van der Waals surface area contributed by atoms with Crippen molar-refractivity contribution in [2.24, 2.45) is 11.7 Å². The predicted molar refractivity (Wildman–Crippen MR) is 89.7 cm³/mol. The second-order valence-corrected chi connectivity index (χ2v) is 5.72. The summed E-state index contributed by atoms with van der Waals surface area (Å²) in [4.78, 5) is 14.3. The molecule has 6 heteroatoms. The molecule has 128 valence electrons. The smallest absolute Gasteiger partial charge is 0.224 e. The third kappa shape index (κ3) is 5.41. The first-order valence-electron chi connectivity index (χ1n) is 8.20. The van der Waals surface area contributed by atoms with Crippen molar-refractivity contribution < 1.29 is 14.3 Å². The lowest BCUT2D eigenvalue weighted by Gasteiger charge is -2.31. The van der Waals surface area contributed by atoms with Crippen molar-refractivity contribution in [1.29, 1.82) is 0 Å². The highest BCUT2D eigenvalue weighted by atomic mass is 16.5. The van der Waals surface area contributed by atoms with Gasteiger partial charge >= 0.3 is 0 Å². The van der Waals surface area contributed by atoms with Gasteiger partial charge in [0.2, 0.25) is 5.91 Å². The van der Waals surface area contributed by atoms with Crippen molar-refractivity contribution in [3.05, 3.63) is 24.3 Å². The first-order valence-corrected chi connectivity index (χ1v) is 8.20. The third-order valence-corrected chi connectivity index (χ3v) is 4.05. The summed E-state index contributed by atoms with van der Waals surface area (Å²) in [7, 11) is 1.64. The number of rotatable bonds is 8. The highest BCUT2D eigenvalue weighted by Gasteiger charge is 2.25. The van der Waals surface area contributed by atoms with Gasteiger partial charge < -0.3 is 20.5 Å². The lowest BCUT2D eigenvalue weighted by atomic mass is 9.97. The fourth-order valence-corrected chi connectivity index (χ4v) is 2.84. The molecule has 0 saturated carbocycles. The minimum atomic E-state index is 0.0570. The Morgan fingerprint density at radius 3 is 2.91 bits per heavy atom.